The van der Waals surface area contributed by atoms with Crippen LogP contribution in [-0.2, 0) is 11.3 Å². The van der Waals surface area contributed by atoms with Gasteiger partial charge in [-0.3, -0.25) is 9.67 Å². The van der Waals surface area contributed by atoms with Crippen molar-refractivity contribution in [2.45, 2.75) is 31.7 Å². The molecular weight excluding hydrogens is 243 g/mol. The molecule has 90 valence electrons. The summed E-state index contributed by atoms with van der Waals surface area (Å²) in [5.41, 5.74) is 0. The average molecular weight is 253 g/mol. The molecule has 1 aliphatic rings. The first kappa shape index (κ1) is 11.6. The van der Waals surface area contributed by atoms with Gasteiger partial charge >= 0.3 is 6.18 Å². The van der Waals surface area contributed by atoms with Gasteiger partial charge in [-0.15, -0.1) is 0 Å². The Balaban J connectivity index is 1.97. The quantitative estimate of drug-likeness (QED) is 0.838. The Morgan fingerprint density at radius 2 is 2.19 bits per heavy atom. The molecule has 1 aromatic heterocycles. The molecule has 1 aromatic rings. The van der Waals surface area contributed by atoms with E-state index < -0.39 is 12.8 Å². The van der Waals surface area contributed by atoms with Gasteiger partial charge in [0.05, 0.1) is 0 Å². The summed E-state index contributed by atoms with van der Waals surface area (Å²) in [4.78, 5) is 0. The molecular formula is C8H10F3N3OS. The van der Waals surface area contributed by atoms with E-state index in [2.05, 4.69) is 14.9 Å². The number of ether oxygens (including phenoxy) is 1. The Morgan fingerprint density at radius 1 is 1.50 bits per heavy atom. The molecule has 0 bridgehead atoms. The molecule has 0 aromatic carbocycles. The monoisotopic (exact) mass is 253 g/mol. The summed E-state index contributed by atoms with van der Waals surface area (Å²) in [6.45, 7) is -1.44. The minimum Gasteiger partial charge on any atom is -0.364 e. The maximum atomic E-state index is 11.9. The van der Waals surface area contributed by atoms with Gasteiger partial charge in [-0.25, -0.2) is 0 Å². The standard InChI is InChI=1S/C8H10F3N3OS/c9-8(10,11)4-15-3-6-12-13-7(16)14(6)5-1-2-5/h5H,1-4H2,(H,13,16). The van der Waals surface area contributed by atoms with Crippen molar-refractivity contribution in [3.63, 3.8) is 0 Å². The predicted molar refractivity (Wildman–Crippen MR) is 51.4 cm³/mol. The summed E-state index contributed by atoms with van der Waals surface area (Å²) >= 11 is 4.98. The highest BCUT2D eigenvalue weighted by molar-refractivity contribution is 7.71. The van der Waals surface area contributed by atoms with Gasteiger partial charge in [-0.05, 0) is 25.1 Å². The molecule has 2 rings (SSSR count). The van der Waals surface area contributed by atoms with Crippen LogP contribution in [-0.4, -0.2) is 27.5 Å². The minimum absolute atomic E-state index is 0.177. The van der Waals surface area contributed by atoms with Crippen molar-refractivity contribution in [2.75, 3.05) is 6.61 Å². The van der Waals surface area contributed by atoms with E-state index in [9.17, 15) is 13.2 Å². The van der Waals surface area contributed by atoms with E-state index >= 15 is 0 Å². The number of alkyl halides is 3. The van der Waals surface area contributed by atoms with Crippen LogP contribution >= 0.6 is 12.2 Å². The van der Waals surface area contributed by atoms with Crippen molar-refractivity contribution < 1.29 is 17.9 Å². The molecule has 1 aliphatic carbocycles. The first-order valence-electron chi connectivity index (χ1n) is 4.77. The van der Waals surface area contributed by atoms with Gasteiger partial charge in [0.15, 0.2) is 10.6 Å². The number of halogens is 3. The highest BCUT2D eigenvalue weighted by Crippen LogP contribution is 2.35. The van der Waals surface area contributed by atoms with Crippen molar-refractivity contribution in [2.24, 2.45) is 0 Å². The third-order valence-corrected chi connectivity index (χ3v) is 2.47. The zero-order valence-electron chi connectivity index (χ0n) is 8.25. The van der Waals surface area contributed by atoms with Gasteiger partial charge in [-0.1, -0.05) is 0 Å². The SMILES string of the molecule is FC(F)(F)COCc1n[nH]c(=S)n1C1CC1. The smallest absolute Gasteiger partial charge is 0.364 e. The van der Waals surface area contributed by atoms with Crippen LogP contribution in [0.1, 0.15) is 24.7 Å². The lowest BCUT2D eigenvalue weighted by Crippen LogP contribution is -2.17. The first-order valence-corrected chi connectivity index (χ1v) is 5.18. The fourth-order valence-corrected chi connectivity index (χ4v) is 1.71. The number of aromatic amines is 1. The third kappa shape index (κ3) is 2.82. The lowest BCUT2D eigenvalue weighted by Gasteiger charge is -2.08. The highest BCUT2D eigenvalue weighted by atomic mass is 32.1. The Labute approximate surface area is 94.4 Å². The van der Waals surface area contributed by atoms with Crippen LogP contribution in [0.15, 0.2) is 0 Å². The lowest BCUT2D eigenvalue weighted by atomic mass is 10.5. The summed E-state index contributed by atoms with van der Waals surface area (Å²) in [6, 6.07) is 0.274. The van der Waals surface area contributed by atoms with Gasteiger partial charge in [0.2, 0.25) is 0 Å². The van der Waals surface area contributed by atoms with Crippen molar-refractivity contribution in [1.29, 1.82) is 0 Å². The van der Waals surface area contributed by atoms with Crippen LogP contribution in [0.4, 0.5) is 13.2 Å². The Morgan fingerprint density at radius 3 is 2.75 bits per heavy atom. The number of rotatable bonds is 4. The van der Waals surface area contributed by atoms with Crippen molar-refractivity contribution >= 4 is 12.2 Å². The number of nitrogens with zero attached hydrogens (tertiary/aromatic N) is 2. The molecule has 0 amide bonds. The predicted octanol–water partition coefficient (Wildman–Crippen LogP) is 2.35. The van der Waals surface area contributed by atoms with Gasteiger partial charge in [0, 0.05) is 6.04 Å². The molecule has 0 atom stereocenters. The van der Waals surface area contributed by atoms with Crippen LogP contribution in [0.2, 0.25) is 0 Å². The second-order valence-electron chi connectivity index (χ2n) is 3.65. The van der Waals surface area contributed by atoms with Gasteiger partial charge in [0.25, 0.3) is 0 Å². The maximum Gasteiger partial charge on any atom is 0.411 e. The van der Waals surface area contributed by atoms with Crippen LogP contribution < -0.4 is 0 Å². The zero-order chi connectivity index (χ0) is 11.8. The Hall–Kier alpha value is -0.890. The molecule has 1 heterocycles. The van der Waals surface area contributed by atoms with Gasteiger partial charge < -0.3 is 4.74 Å². The topological polar surface area (TPSA) is 42.8 Å². The molecule has 0 aliphatic heterocycles. The van der Waals surface area contributed by atoms with Crippen molar-refractivity contribution in [3.05, 3.63) is 10.6 Å². The maximum absolute atomic E-state index is 11.9. The molecule has 4 nitrogen and oxygen atoms in total. The molecule has 1 saturated carbocycles. The minimum atomic E-state index is -4.31. The van der Waals surface area contributed by atoms with Gasteiger partial charge in [0.1, 0.15) is 13.2 Å². The van der Waals surface area contributed by atoms with E-state index in [0.29, 0.717) is 10.6 Å². The lowest BCUT2D eigenvalue weighted by molar-refractivity contribution is -0.177. The number of hydrogen-bond acceptors (Lipinski definition) is 3. The largest absolute Gasteiger partial charge is 0.411 e. The Bertz CT molecular complexity index is 421. The van der Waals surface area contributed by atoms with Crippen LogP contribution in [0.25, 0.3) is 0 Å². The molecule has 0 unspecified atom stereocenters. The molecule has 1 N–H and O–H groups in total. The number of aromatic nitrogens is 3. The normalized spacial score (nSPS) is 16.7. The highest BCUT2D eigenvalue weighted by Gasteiger charge is 2.29. The molecule has 1 fully saturated rings. The summed E-state index contributed by atoms with van der Waals surface area (Å²) in [6.07, 6.45) is -2.34. The zero-order valence-corrected chi connectivity index (χ0v) is 9.07. The molecule has 16 heavy (non-hydrogen) atoms. The van der Waals surface area contributed by atoms with Crippen LogP contribution in [0, 0.1) is 4.77 Å². The van der Waals surface area contributed by atoms with Crippen LogP contribution in [0.5, 0.6) is 0 Å². The van der Waals surface area contributed by atoms with E-state index in [4.69, 9.17) is 12.2 Å². The summed E-state index contributed by atoms with van der Waals surface area (Å²) < 4.78 is 42.3. The summed E-state index contributed by atoms with van der Waals surface area (Å²) in [5.74, 6) is 0.428. The summed E-state index contributed by atoms with van der Waals surface area (Å²) in [7, 11) is 0. The average Bonchev–Trinajstić information content (AvgIpc) is 2.91. The Kier molecular flexibility index (Phi) is 3.02. The van der Waals surface area contributed by atoms with Crippen molar-refractivity contribution in [1.82, 2.24) is 14.8 Å². The molecule has 0 radical (unpaired) electrons. The second-order valence-corrected chi connectivity index (χ2v) is 4.04. The number of hydrogen-bond donors (Lipinski definition) is 1. The van der Waals surface area contributed by atoms with E-state index in [0.717, 1.165) is 12.8 Å². The molecule has 0 spiro atoms. The van der Waals surface area contributed by atoms with Gasteiger partial charge in [-0.2, -0.15) is 18.3 Å². The summed E-state index contributed by atoms with van der Waals surface area (Å²) in [5, 5.41) is 6.41. The van der Waals surface area contributed by atoms with E-state index in [1.165, 1.54) is 0 Å². The fourth-order valence-electron chi connectivity index (χ4n) is 1.41. The fraction of sp³-hybridized carbons (Fsp3) is 0.750. The van der Waals surface area contributed by atoms with E-state index in [1.54, 1.807) is 4.57 Å². The second kappa shape index (κ2) is 4.17. The first-order chi connectivity index (χ1) is 7.47. The molecule has 0 saturated heterocycles. The van der Waals surface area contributed by atoms with Crippen LogP contribution in [0.3, 0.4) is 0 Å². The third-order valence-electron chi connectivity index (χ3n) is 2.19. The van der Waals surface area contributed by atoms with E-state index in [1.807, 2.05) is 0 Å². The van der Waals surface area contributed by atoms with E-state index in [-0.39, 0.29) is 12.6 Å². The number of H-pyrrole nitrogens is 1. The molecule has 8 heteroatoms. The van der Waals surface area contributed by atoms with Crippen molar-refractivity contribution in [3.8, 4) is 0 Å². The number of nitrogens with one attached hydrogen (secondary N) is 1.